The van der Waals surface area contributed by atoms with Crippen LogP contribution in [-0.2, 0) is 4.79 Å². The Hall–Kier alpha value is -1.57. The molecule has 1 unspecified atom stereocenters. The van der Waals surface area contributed by atoms with Crippen molar-refractivity contribution in [1.82, 2.24) is 4.90 Å². The van der Waals surface area contributed by atoms with Crippen LogP contribution in [0.4, 0.5) is 0 Å². The molecule has 2 rings (SSSR count). The third kappa shape index (κ3) is 4.72. The van der Waals surface area contributed by atoms with Gasteiger partial charge in [-0.15, -0.1) is 6.58 Å². The van der Waals surface area contributed by atoms with Crippen LogP contribution in [-0.4, -0.2) is 23.9 Å². The molecule has 1 aliphatic rings. The van der Waals surface area contributed by atoms with Gasteiger partial charge in [-0.1, -0.05) is 42.3 Å². The third-order valence-electron chi connectivity index (χ3n) is 4.60. The van der Waals surface area contributed by atoms with Gasteiger partial charge in [-0.25, -0.2) is 0 Å². The van der Waals surface area contributed by atoms with Gasteiger partial charge in [0.2, 0.25) is 5.91 Å². The largest absolute Gasteiger partial charge is 0.342 e. The molecule has 1 amide bonds. The maximum Gasteiger partial charge on any atom is 0.230 e. The van der Waals surface area contributed by atoms with Crippen molar-refractivity contribution in [3.63, 3.8) is 0 Å². The van der Waals surface area contributed by atoms with Gasteiger partial charge in [0.1, 0.15) is 0 Å². The van der Waals surface area contributed by atoms with Crippen LogP contribution >= 0.6 is 0 Å². The number of hydrogen-bond acceptors (Lipinski definition) is 1. The minimum absolute atomic E-state index is 0.0310. The van der Waals surface area contributed by atoms with Crippen molar-refractivity contribution in [2.75, 3.05) is 13.1 Å². The highest BCUT2D eigenvalue weighted by atomic mass is 16.2. The van der Waals surface area contributed by atoms with Crippen molar-refractivity contribution in [3.05, 3.63) is 48.0 Å². The van der Waals surface area contributed by atoms with E-state index in [-0.39, 0.29) is 5.92 Å². The Morgan fingerprint density at radius 2 is 1.86 bits per heavy atom. The van der Waals surface area contributed by atoms with Gasteiger partial charge in [-0.2, -0.15) is 0 Å². The first-order valence-corrected chi connectivity index (χ1v) is 8.68. The van der Waals surface area contributed by atoms with E-state index in [1.807, 2.05) is 6.08 Å². The third-order valence-corrected chi connectivity index (χ3v) is 4.60. The Morgan fingerprint density at radius 3 is 2.50 bits per heavy atom. The van der Waals surface area contributed by atoms with Gasteiger partial charge in [-0.05, 0) is 51.0 Å². The smallest absolute Gasteiger partial charge is 0.230 e. The molecule has 22 heavy (non-hydrogen) atoms. The van der Waals surface area contributed by atoms with Crippen LogP contribution in [0.2, 0.25) is 0 Å². The molecule has 2 nitrogen and oxygen atoms in total. The Balaban J connectivity index is 2.07. The van der Waals surface area contributed by atoms with Crippen molar-refractivity contribution < 1.29 is 4.79 Å². The summed E-state index contributed by atoms with van der Waals surface area (Å²) >= 11 is 0. The molecule has 0 N–H and O–H groups in total. The molecule has 0 aliphatic carbocycles. The van der Waals surface area contributed by atoms with Gasteiger partial charge < -0.3 is 4.90 Å². The number of piperidine rings is 1. The summed E-state index contributed by atoms with van der Waals surface area (Å²) in [6.07, 6.45) is 9.74. The zero-order chi connectivity index (χ0) is 15.8. The Labute approximate surface area is 135 Å². The Bertz CT molecular complexity index is 471. The molecule has 0 radical (unpaired) electrons. The number of hydrogen-bond donors (Lipinski definition) is 0. The van der Waals surface area contributed by atoms with Crippen LogP contribution in [0.5, 0.6) is 0 Å². The highest BCUT2D eigenvalue weighted by Crippen LogP contribution is 2.27. The van der Waals surface area contributed by atoms with Crippen molar-refractivity contribution in [2.24, 2.45) is 0 Å². The average Bonchev–Trinajstić information content (AvgIpc) is 2.56. The zero-order valence-electron chi connectivity index (χ0n) is 13.9. The van der Waals surface area contributed by atoms with Gasteiger partial charge >= 0.3 is 0 Å². The zero-order valence-corrected chi connectivity index (χ0v) is 13.9. The average molecular weight is 299 g/mol. The number of amides is 1. The first-order valence-electron chi connectivity index (χ1n) is 8.68. The van der Waals surface area contributed by atoms with Crippen LogP contribution < -0.4 is 0 Å². The molecule has 1 atom stereocenters. The number of likely N-dealkylation sites (tertiary alicyclic amines) is 1. The minimum Gasteiger partial charge on any atom is -0.342 e. The molecule has 1 aliphatic heterocycles. The molecular weight excluding hydrogens is 270 g/mol. The van der Waals surface area contributed by atoms with Crippen molar-refractivity contribution in [2.45, 2.75) is 57.8 Å². The van der Waals surface area contributed by atoms with Crippen LogP contribution in [0.15, 0.2) is 36.9 Å². The standard InChI is InChI=1S/C20H29NO/c1-3-4-5-7-10-19(18-13-11-17(2)12-14-18)20(22)21-15-8-6-9-16-21/h3,11-14,19H,1,4-10,15-16H2,2H3. The van der Waals surface area contributed by atoms with E-state index in [2.05, 4.69) is 42.7 Å². The predicted octanol–water partition coefficient (Wildman–Crippen LogP) is 4.84. The van der Waals surface area contributed by atoms with E-state index >= 15 is 0 Å². The molecule has 1 saturated heterocycles. The van der Waals surface area contributed by atoms with Crippen molar-refractivity contribution >= 4 is 5.91 Å². The quantitative estimate of drug-likeness (QED) is 0.521. The lowest BCUT2D eigenvalue weighted by Crippen LogP contribution is -2.38. The molecule has 2 heteroatoms. The summed E-state index contributed by atoms with van der Waals surface area (Å²) in [6, 6.07) is 8.51. The number of nitrogens with zero attached hydrogens (tertiary/aromatic N) is 1. The summed E-state index contributed by atoms with van der Waals surface area (Å²) in [7, 11) is 0. The van der Waals surface area contributed by atoms with Crippen LogP contribution in [0.3, 0.4) is 0 Å². The van der Waals surface area contributed by atoms with E-state index in [9.17, 15) is 4.79 Å². The first-order chi connectivity index (χ1) is 10.7. The number of aryl methyl sites for hydroxylation is 1. The second-order valence-corrected chi connectivity index (χ2v) is 6.42. The van der Waals surface area contributed by atoms with E-state index in [4.69, 9.17) is 0 Å². The summed E-state index contributed by atoms with van der Waals surface area (Å²) in [5.41, 5.74) is 2.43. The van der Waals surface area contributed by atoms with E-state index in [0.717, 1.165) is 51.6 Å². The van der Waals surface area contributed by atoms with Crippen molar-refractivity contribution in [1.29, 1.82) is 0 Å². The molecule has 0 bridgehead atoms. The summed E-state index contributed by atoms with van der Waals surface area (Å²) in [4.78, 5) is 15.0. The summed E-state index contributed by atoms with van der Waals surface area (Å²) in [5.74, 6) is 0.366. The molecule has 1 aromatic rings. The van der Waals surface area contributed by atoms with Gasteiger partial charge in [0.05, 0.1) is 5.92 Å². The van der Waals surface area contributed by atoms with Crippen LogP contribution in [0.1, 0.15) is 62.0 Å². The van der Waals surface area contributed by atoms with Crippen LogP contribution in [0.25, 0.3) is 0 Å². The fraction of sp³-hybridized carbons (Fsp3) is 0.550. The number of carbonyl (C=O) groups is 1. The molecule has 0 saturated carbocycles. The topological polar surface area (TPSA) is 20.3 Å². The van der Waals surface area contributed by atoms with Crippen molar-refractivity contribution in [3.8, 4) is 0 Å². The maximum atomic E-state index is 13.0. The highest BCUT2D eigenvalue weighted by molar-refractivity contribution is 5.83. The van der Waals surface area contributed by atoms with E-state index in [0.29, 0.717) is 5.91 Å². The predicted molar refractivity (Wildman–Crippen MR) is 93.0 cm³/mol. The van der Waals surface area contributed by atoms with Gasteiger partial charge in [0, 0.05) is 13.1 Å². The molecule has 0 spiro atoms. The first kappa shape index (κ1) is 16.8. The molecule has 1 fully saturated rings. The minimum atomic E-state index is 0.0310. The molecule has 1 aromatic carbocycles. The Kier molecular flexibility index (Phi) is 6.70. The maximum absolute atomic E-state index is 13.0. The molecule has 1 heterocycles. The van der Waals surface area contributed by atoms with E-state index < -0.39 is 0 Å². The number of allylic oxidation sites excluding steroid dienone is 1. The SMILES string of the molecule is C=CCCCCC(C(=O)N1CCCCC1)c1ccc(C)cc1. The number of unbranched alkanes of at least 4 members (excludes halogenated alkanes) is 2. The second-order valence-electron chi connectivity index (χ2n) is 6.42. The van der Waals surface area contributed by atoms with Gasteiger partial charge in [0.25, 0.3) is 0 Å². The van der Waals surface area contributed by atoms with Gasteiger partial charge in [-0.3, -0.25) is 4.79 Å². The second kappa shape index (κ2) is 8.77. The summed E-state index contributed by atoms with van der Waals surface area (Å²) in [6.45, 7) is 7.75. The fourth-order valence-corrected chi connectivity index (χ4v) is 3.20. The van der Waals surface area contributed by atoms with E-state index in [1.165, 1.54) is 17.5 Å². The van der Waals surface area contributed by atoms with Crippen LogP contribution in [0, 0.1) is 6.92 Å². The lowest BCUT2D eigenvalue weighted by atomic mass is 9.90. The highest BCUT2D eigenvalue weighted by Gasteiger charge is 2.26. The number of carbonyl (C=O) groups excluding carboxylic acids is 1. The van der Waals surface area contributed by atoms with E-state index in [1.54, 1.807) is 0 Å². The fourth-order valence-electron chi connectivity index (χ4n) is 3.20. The molecular formula is C20H29NO. The lowest BCUT2D eigenvalue weighted by Gasteiger charge is -2.30. The normalized spacial score (nSPS) is 16.3. The van der Waals surface area contributed by atoms with Gasteiger partial charge in [0.15, 0.2) is 0 Å². The Morgan fingerprint density at radius 1 is 1.18 bits per heavy atom. The molecule has 0 aromatic heterocycles. The number of rotatable bonds is 7. The molecule has 120 valence electrons. The number of benzene rings is 1. The lowest BCUT2D eigenvalue weighted by molar-refractivity contribution is -0.133. The summed E-state index contributed by atoms with van der Waals surface area (Å²) < 4.78 is 0. The summed E-state index contributed by atoms with van der Waals surface area (Å²) in [5, 5.41) is 0. The monoisotopic (exact) mass is 299 g/mol.